The standard InChI is InChI=1S/C18H27N3O2S/c19-15-4-3-14(12-15)18(23)21-9-6-13(7-10-21)17(22)20-8-5-16-2-1-11-24-16/h1-2,11,13-15H,3-10,12,19H2,(H,20,22). The van der Waals surface area contributed by atoms with E-state index in [2.05, 4.69) is 16.8 Å². The SMILES string of the molecule is NC1CCC(C(=O)N2CCC(C(=O)NCCc3cccs3)CC2)C1. The molecule has 2 atom stereocenters. The van der Waals surface area contributed by atoms with Crippen molar-refractivity contribution in [2.24, 2.45) is 17.6 Å². The highest BCUT2D eigenvalue weighted by molar-refractivity contribution is 7.09. The Morgan fingerprint density at radius 2 is 2.00 bits per heavy atom. The van der Waals surface area contributed by atoms with E-state index in [1.165, 1.54) is 4.88 Å². The normalized spacial score (nSPS) is 25.0. The molecule has 6 heteroatoms. The lowest BCUT2D eigenvalue weighted by atomic mass is 9.94. The molecule has 24 heavy (non-hydrogen) atoms. The first-order valence-electron chi connectivity index (χ1n) is 8.98. The van der Waals surface area contributed by atoms with Crippen LogP contribution in [0.2, 0.25) is 0 Å². The second-order valence-electron chi connectivity index (χ2n) is 6.99. The van der Waals surface area contributed by atoms with Gasteiger partial charge in [-0.25, -0.2) is 0 Å². The molecule has 2 aliphatic rings. The van der Waals surface area contributed by atoms with Gasteiger partial charge in [-0.1, -0.05) is 6.07 Å². The number of piperidine rings is 1. The number of nitrogens with one attached hydrogen (secondary N) is 1. The van der Waals surface area contributed by atoms with Crippen molar-refractivity contribution in [3.63, 3.8) is 0 Å². The molecule has 132 valence electrons. The van der Waals surface area contributed by atoms with Crippen LogP contribution in [0.1, 0.15) is 37.0 Å². The van der Waals surface area contributed by atoms with Gasteiger partial charge < -0.3 is 16.0 Å². The Hall–Kier alpha value is -1.40. The molecular weight excluding hydrogens is 322 g/mol. The van der Waals surface area contributed by atoms with Crippen molar-refractivity contribution in [2.45, 2.75) is 44.6 Å². The Morgan fingerprint density at radius 3 is 2.62 bits per heavy atom. The number of rotatable bonds is 5. The van der Waals surface area contributed by atoms with Gasteiger partial charge in [0.25, 0.3) is 0 Å². The van der Waals surface area contributed by atoms with Crippen LogP contribution in [0.3, 0.4) is 0 Å². The molecule has 0 bridgehead atoms. The third-order valence-electron chi connectivity index (χ3n) is 5.25. The average molecular weight is 350 g/mol. The Bertz CT molecular complexity index is 553. The number of nitrogens with zero attached hydrogens (tertiary/aromatic N) is 1. The monoisotopic (exact) mass is 349 g/mol. The lowest BCUT2D eigenvalue weighted by molar-refractivity contribution is -0.139. The fraction of sp³-hybridized carbons (Fsp3) is 0.667. The summed E-state index contributed by atoms with van der Waals surface area (Å²) in [6.07, 6.45) is 5.14. The molecule has 1 saturated heterocycles. The summed E-state index contributed by atoms with van der Waals surface area (Å²) in [7, 11) is 0. The molecule has 1 aromatic heterocycles. The fourth-order valence-electron chi connectivity index (χ4n) is 3.77. The molecule has 0 spiro atoms. The summed E-state index contributed by atoms with van der Waals surface area (Å²) in [5.41, 5.74) is 5.91. The maximum absolute atomic E-state index is 12.5. The van der Waals surface area contributed by atoms with Gasteiger partial charge in [0, 0.05) is 42.4 Å². The first-order chi connectivity index (χ1) is 11.6. The van der Waals surface area contributed by atoms with E-state index < -0.39 is 0 Å². The minimum Gasteiger partial charge on any atom is -0.355 e. The first kappa shape index (κ1) is 17.4. The zero-order valence-electron chi connectivity index (χ0n) is 14.1. The minimum absolute atomic E-state index is 0.0446. The van der Waals surface area contributed by atoms with Crippen molar-refractivity contribution < 1.29 is 9.59 Å². The summed E-state index contributed by atoms with van der Waals surface area (Å²) in [5.74, 6) is 0.542. The molecular formula is C18H27N3O2S. The van der Waals surface area contributed by atoms with Crippen LogP contribution in [-0.2, 0) is 16.0 Å². The van der Waals surface area contributed by atoms with Crippen LogP contribution in [0.4, 0.5) is 0 Å². The first-order valence-corrected chi connectivity index (χ1v) is 9.86. The zero-order chi connectivity index (χ0) is 16.9. The summed E-state index contributed by atoms with van der Waals surface area (Å²) in [6.45, 7) is 2.10. The molecule has 3 rings (SSSR count). The van der Waals surface area contributed by atoms with Gasteiger partial charge in [0.2, 0.25) is 11.8 Å². The molecule has 2 unspecified atom stereocenters. The highest BCUT2D eigenvalue weighted by atomic mass is 32.1. The van der Waals surface area contributed by atoms with Gasteiger partial charge in [-0.15, -0.1) is 11.3 Å². The van der Waals surface area contributed by atoms with Crippen LogP contribution >= 0.6 is 11.3 Å². The fourth-order valence-corrected chi connectivity index (χ4v) is 4.48. The topological polar surface area (TPSA) is 75.4 Å². The summed E-state index contributed by atoms with van der Waals surface area (Å²) in [4.78, 5) is 28.0. The van der Waals surface area contributed by atoms with Gasteiger partial charge in [-0.05, 0) is 50.0 Å². The Kier molecular flexibility index (Phi) is 5.89. The van der Waals surface area contributed by atoms with Gasteiger partial charge in [-0.2, -0.15) is 0 Å². The van der Waals surface area contributed by atoms with Crippen molar-refractivity contribution in [3.05, 3.63) is 22.4 Å². The number of hydrogen-bond donors (Lipinski definition) is 2. The van der Waals surface area contributed by atoms with E-state index >= 15 is 0 Å². The highest BCUT2D eigenvalue weighted by Gasteiger charge is 2.33. The Morgan fingerprint density at radius 1 is 1.21 bits per heavy atom. The summed E-state index contributed by atoms with van der Waals surface area (Å²) in [5, 5.41) is 5.10. The molecule has 2 amide bonds. The zero-order valence-corrected chi connectivity index (χ0v) is 14.9. The number of carbonyl (C=O) groups excluding carboxylic acids is 2. The predicted octanol–water partition coefficient (Wildman–Crippen LogP) is 1.77. The minimum atomic E-state index is 0.0446. The summed E-state index contributed by atoms with van der Waals surface area (Å²) >= 11 is 1.72. The van der Waals surface area contributed by atoms with Gasteiger partial charge in [0.15, 0.2) is 0 Å². The van der Waals surface area contributed by atoms with Crippen LogP contribution in [-0.4, -0.2) is 42.4 Å². The lowest BCUT2D eigenvalue weighted by Gasteiger charge is -2.33. The van der Waals surface area contributed by atoms with Gasteiger partial charge in [-0.3, -0.25) is 9.59 Å². The summed E-state index contributed by atoms with van der Waals surface area (Å²) < 4.78 is 0. The van der Waals surface area contributed by atoms with Crippen molar-refractivity contribution >= 4 is 23.2 Å². The van der Waals surface area contributed by atoms with Crippen molar-refractivity contribution in [3.8, 4) is 0 Å². The van der Waals surface area contributed by atoms with Crippen LogP contribution in [0.5, 0.6) is 0 Å². The number of nitrogens with two attached hydrogens (primary N) is 1. The van der Waals surface area contributed by atoms with Crippen LogP contribution in [0, 0.1) is 11.8 Å². The lowest BCUT2D eigenvalue weighted by Crippen LogP contribution is -2.45. The smallest absolute Gasteiger partial charge is 0.225 e. The number of thiophene rings is 1. The number of carbonyl (C=O) groups is 2. The number of amides is 2. The van der Waals surface area contributed by atoms with E-state index in [0.717, 1.165) is 38.5 Å². The number of hydrogen-bond acceptors (Lipinski definition) is 4. The molecule has 1 aliphatic heterocycles. The maximum atomic E-state index is 12.5. The van der Waals surface area contributed by atoms with E-state index in [9.17, 15) is 9.59 Å². The quantitative estimate of drug-likeness (QED) is 0.851. The highest BCUT2D eigenvalue weighted by Crippen LogP contribution is 2.28. The van der Waals surface area contributed by atoms with Gasteiger partial charge in [0.05, 0.1) is 0 Å². The molecule has 5 nitrogen and oxygen atoms in total. The third-order valence-corrected chi connectivity index (χ3v) is 6.19. The third kappa shape index (κ3) is 4.36. The van der Waals surface area contributed by atoms with Gasteiger partial charge in [0.1, 0.15) is 0 Å². The Balaban J connectivity index is 1.38. The van der Waals surface area contributed by atoms with E-state index in [-0.39, 0.29) is 29.7 Å². The molecule has 2 heterocycles. The second-order valence-corrected chi connectivity index (χ2v) is 8.02. The molecule has 0 radical (unpaired) electrons. The van der Waals surface area contributed by atoms with E-state index in [4.69, 9.17) is 5.73 Å². The summed E-state index contributed by atoms with van der Waals surface area (Å²) in [6, 6.07) is 4.31. The molecule has 1 aromatic rings. The Labute approximate surface area is 147 Å². The largest absolute Gasteiger partial charge is 0.355 e. The molecule has 0 aromatic carbocycles. The maximum Gasteiger partial charge on any atom is 0.225 e. The average Bonchev–Trinajstić information content (AvgIpc) is 3.26. The van der Waals surface area contributed by atoms with E-state index in [1.54, 1.807) is 11.3 Å². The van der Waals surface area contributed by atoms with Gasteiger partial charge >= 0.3 is 0 Å². The van der Waals surface area contributed by atoms with Crippen molar-refractivity contribution in [1.29, 1.82) is 0 Å². The second kappa shape index (κ2) is 8.12. The van der Waals surface area contributed by atoms with Crippen LogP contribution < -0.4 is 11.1 Å². The molecule has 1 aliphatic carbocycles. The molecule has 3 N–H and O–H groups in total. The van der Waals surface area contributed by atoms with Crippen LogP contribution in [0.25, 0.3) is 0 Å². The van der Waals surface area contributed by atoms with E-state index in [0.29, 0.717) is 19.6 Å². The van der Waals surface area contributed by atoms with Crippen molar-refractivity contribution in [1.82, 2.24) is 10.2 Å². The molecule has 1 saturated carbocycles. The van der Waals surface area contributed by atoms with Crippen LogP contribution in [0.15, 0.2) is 17.5 Å². The number of likely N-dealkylation sites (tertiary alicyclic amines) is 1. The van der Waals surface area contributed by atoms with Crippen molar-refractivity contribution in [2.75, 3.05) is 19.6 Å². The predicted molar refractivity (Wildman–Crippen MR) is 95.7 cm³/mol. The van der Waals surface area contributed by atoms with E-state index in [1.807, 2.05) is 11.0 Å². The molecule has 2 fully saturated rings.